The molecule has 1 unspecified atom stereocenters. The highest BCUT2D eigenvalue weighted by Crippen LogP contribution is 2.35. The molecule has 1 atom stereocenters. The maximum absolute atomic E-state index is 6.04. The van der Waals surface area contributed by atoms with Crippen LogP contribution in [0.5, 0.6) is 0 Å². The highest BCUT2D eigenvalue weighted by molar-refractivity contribution is 6.09. The Bertz CT molecular complexity index is 1030. The summed E-state index contributed by atoms with van der Waals surface area (Å²) in [6.45, 7) is 31.4. The van der Waals surface area contributed by atoms with Crippen molar-refractivity contribution in [1.82, 2.24) is 14.9 Å². The fraction of sp³-hybridized carbons (Fsp3) is 0.484. The summed E-state index contributed by atoms with van der Waals surface area (Å²) in [4.78, 5) is 8.82. The molecule has 1 aromatic rings. The molecule has 2 heterocycles. The Labute approximate surface area is 227 Å². The first-order valence-corrected chi connectivity index (χ1v) is 13.1. The van der Waals surface area contributed by atoms with Gasteiger partial charge in [-0.15, -0.1) is 12.3 Å². The summed E-state index contributed by atoms with van der Waals surface area (Å²) < 4.78 is 1.77. The molecular weight excluding hydrogens is 456 g/mol. The maximum atomic E-state index is 6.04. The molecule has 0 bridgehead atoms. The second kappa shape index (κ2) is 18.8. The minimum atomic E-state index is -0.180. The third-order valence-corrected chi connectivity index (χ3v) is 4.76. The first-order valence-electron chi connectivity index (χ1n) is 13.1. The van der Waals surface area contributed by atoms with E-state index in [0.717, 1.165) is 17.1 Å². The summed E-state index contributed by atoms with van der Waals surface area (Å²) in [7, 11) is 0. The van der Waals surface area contributed by atoms with Crippen LogP contribution in [0, 0.1) is 18.3 Å². The Kier molecular flexibility index (Phi) is 18.1. The fourth-order valence-corrected chi connectivity index (χ4v) is 2.87. The minimum Gasteiger partial charge on any atom is -0.380 e. The van der Waals surface area contributed by atoms with Gasteiger partial charge in [-0.3, -0.25) is 4.57 Å². The molecule has 0 spiro atoms. The molecular formula is C31H52N6. The SMILES string of the molecule is C#CC/C(=C\C(C)=C(C)C)CNC(=C)C1=Nc2c(N)nc(N)n2C(C(=C)C)C=C1.CC.CC.CC(C)C. The second-order valence-corrected chi connectivity index (χ2v) is 9.13. The van der Waals surface area contributed by atoms with Gasteiger partial charge in [0.15, 0.2) is 11.6 Å². The number of imidazole rings is 1. The van der Waals surface area contributed by atoms with Crippen LogP contribution in [0.4, 0.5) is 17.6 Å². The van der Waals surface area contributed by atoms with E-state index in [1.807, 2.05) is 46.8 Å². The average Bonchev–Trinajstić information content (AvgIpc) is 3.00. The first kappa shape index (κ1) is 35.7. The Morgan fingerprint density at radius 2 is 1.68 bits per heavy atom. The number of fused-ring (bicyclic) bond motifs is 1. The van der Waals surface area contributed by atoms with Crippen molar-refractivity contribution >= 4 is 23.3 Å². The van der Waals surface area contributed by atoms with Gasteiger partial charge in [-0.05, 0) is 45.3 Å². The molecule has 6 nitrogen and oxygen atoms in total. The smallest absolute Gasteiger partial charge is 0.204 e. The van der Waals surface area contributed by atoms with E-state index in [1.54, 1.807) is 4.57 Å². The van der Waals surface area contributed by atoms with Crippen molar-refractivity contribution in [2.75, 3.05) is 18.0 Å². The molecule has 6 heteroatoms. The molecule has 5 N–H and O–H groups in total. The largest absolute Gasteiger partial charge is 0.380 e. The van der Waals surface area contributed by atoms with E-state index >= 15 is 0 Å². The zero-order chi connectivity index (χ0) is 29.3. The third kappa shape index (κ3) is 12.4. The van der Waals surface area contributed by atoms with Gasteiger partial charge in [0.05, 0.1) is 17.5 Å². The van der Waals surface area contributed by atoms with E-state index in [4.69, 9.17) is 17.9 Å². The van der Waals surface area contributed by atoms with Crippen molar-refractivity contribution in [3.05, 3.63) is 59.4 Å². The molecule has 1 aliphatic heterocycles. The van der Waals surface area contributed by atoms with E-state index in [-0.39, 0.29) is 11.9 Å². The van der Waals surface area contributed by atoms with E-state index in [0.29, 0.717) is 36.1 Å². The Hall–Kier alpha value is -3.46. The lowest BCUT2D eigenvalue weighted by molar-refractivity contribution is 0.704. The van der Waals surface area contributed by atoms with Gasteiger partial charge in [-0.2, -0.15) is 4.98 Å². The quantitative estimate of drug-likeness (QED) is 0.198. The van der Waals surface area contributed by atoms with Crippen molar-refractivity contribution in [2.45, 2.75) is 88.6 Å². The summed E-state index contributed by atoms with van der Waals surface area (Å²) in [6, 6.07) is -0.180. The highest BCUT2D eigenvalue weighted by Gasteiger charge is 2.23. The van der Waals surface area contributed by atoms with E-state index in [1.165, 1.54) is 11.1 Å². The minimum absolute atomic E-state index is 0.180. The van der Waals surface area contributed by atoms with Crippen molar-refractivity contribution in [2.24, 2.45) is 10.9 Å². The molecule has 0 saturated heterocycles. The second-order valence-electron chi connectivity index (χ2n) is 9.13. The van der Waals surface area contributed by atoms with Crippen molar-refractivity contribution in [1.29, 1.82) is 0 Å². The molecule has 2 rings (SSSR count). The maximum Gasteiger partial charge on any atom is 0.204 e. The van der Waals surface area contributed by atoms with Crippen LogP contribution in [0.25, 0.3) is 0 Å². The van der Waals surface area contributed by atoms with Crippen LogP contribution in [0.15, 0.2) is 64.4 Å². The number of anilines is 2. The number of nitrogen functional groups attached to an aromatic ring is 2. The lowest BCUT2D eigenvalue weighted by atomic mass is 10.1. The van der Waals surface area contributed by atoms with Crippen LogP contribution in [0.1, 0.15) is 88.6 Å². The van der Waals surface area contributed by atoms with E-state index in [2.05, 4.69) is 82.0 Å². The number of nitrogens with zero attached hydrogens (tertiary/aromatic N) is 3. The van der Waals surface area contributed by atoms with Crippen LogP contribution in [-0.4, -0.2) is 21.8 Å². The predicted molar refractivity (Wildman–Crippen MR) is 167 cm³/mol. The Morgan fingerprint density at radius 1 is 1.14 bits per heavy atom. The van der Waals surface area contributed by atoms with Gasteiger partial charge in [0.25, 0.3) is 0 Å². The number of hydrogen-bond donors (Lipinski definition) is 3. The van der Waals surface area contributed by atoms with Gasteiger partial charge in [0, 0.05) is 13.0 Å². The highest BCUT2D eigenvalue weighted by atomic mass is 15.3. The van der Waals surface area contributed by atoms with Gasteiger partial charge in [0.2, 0.25) is 5.95 Å². The lowest BCUT2D eigenvalue weighted by Crippen LogP contribution is -2.21. The van der Waals surface area contributed by atoms with Crippen LogP contribution >= 0.6 is 0 Å². The van der Waals surface area contributed by atoms with Crippen LogP contribution in [-0.2, 0) is 0 Å². The number of rotatable bonds is 7. The molecule has 0 aliphatic carbocycles. The molecule has 206 valence electrons. The van der Waals surface area contributed by atoms with Crippen molar-refractivity contribution in [3.63, 3.8) is 0 Å². The molecule has 0 amide bonds. The van der Waals surface area contributed by atoms with Gasteiger partial charge in [-0.25, -0.2) is 4.99 Å². The molecule has 0 radical (unpaired) electrons. The summed E-state index contributed by atoms with van der Waals surface area (Å²) in [5.74, 6) is 4.62. The van der Waals surface area contributed by atoms with Crippen LogP contribution < -0.4 is 16.8 Å². The van der Waals surface area contributed by atoms with E-state index < -0.39 is 0 Å². The predicted octanol–water partition coefficient (Wildman–Crippen LogP) is 7.93. The van der Waals surface area contributed by atoms with Crippen LogP contribution in [0.2, 0.25) is 0 Å². The fourth-order valence-electron chi connectivity index (χ4n) is 2.87. The van der Waals surface area contributed by atoms with Crippen LogP contribution in [0.3, 0.4) is 0 Å². The third-order valence-electron chi connectivity index (χ3n) is 4.76. The molecule has 1 aromatic heterocycles. The number of nitrogens with two attached hydrogens (primary N) is 2. The number of hydrogen-bond acceptors (Lipinski definition) is 5. The summed E-state index contributed by atoms with van der Waals surface area (Å²) in [5, 5.41) is 3.32. The monoisotopic (exact) mass is 508 g/mol. The topological polar surface area (TPSA) is 94.2 Å². The molecule has 1 aliphatic rings. The van der Waals surface area contributed by atoms with E-state index in [9.17, 15) is 0 Å². The molecule has 0 fully saturated rings. The lowest BCUT2D eigenvalue weighted by Gasteiger charge is -2.16. The zero-order valence-electron chi connectivity index (χ0n) is 25.3. The van der Waals surface area contributed by atoms with Gasteiger partial charge in [-0.1, -0.05) is 90.5 Å². The summed E-state index contributed by atoms with van der Waals surface area (Å²) >= 11 is 0. The normalized spacial score (nSPS) is 13.5. The van der Waals surface area contributed by atoms with Gasteiger partial charge < -0.3 is 16.8 Å². The summed E-state index contributed by atoms with van der Waals surface area (Å²) in [6.07, 6.45) is 12.1. The number of aliphatic imine (C=N–C) groups is 1. The number of terminal acetylenes is 1. The summed E-state index contributed by atoms with van der Waals surface area (Å²) in [5.41, 5.74) is 17.8. The Morgan fingerprint density at radius 3 is 2.14 bits per heavy atom. The van der Waals surface area contributed by atoms with Gasteiger partial charge in [0.1, 0.15) is 0 Å². The van der Waals surface area contributed by atoms with Crippen molar-refractivity contribution in [3.8, 4) is 12.3 Å². The number of aromatic nitrogens is 2. The molecule has 37 heavy (non-hydrogen) atoms. The molecule has 0 saturated carbocycles. The number of nitrogens with one attached hydrogen (secondary N) is 1. The standard InChI is InChI=1S/C23H30N6.C4H10.2C2H6/c1-8-9-18(12-16(6)14(2)3)13-26-17(7)19-10-11-20(15(4)5)29-22(27-19)21(24)28-23(29)25;1-4(2)3;2*1-2/h1,10-12,20,26H,4,7,9,13,24H2,2-3,5-6H3,(H2,25,28);4H,1-3H3;2*1-2H3/b18-12+;;;. The molecule has 0 aromatic carbocycles. The Balaban J connectivity index is 0. The average molecular weight is 509 g/mol. The zero-order valence-corrected chi connectivity index (χ0v) is 25.3. The van der Waals surface area contributed by atoms with Crippen molar-refractivity contribution < 1.29 is 0 Å². The van der Waals surface area contributed by atoms with Gasteiger partial charge >= 0.3 is 0 Å². The first-order chi connectivity index (χ1) is 17.4. The number of allylic oxidation sites excluding steroid dienone is 6.